The highest BCUT2D eigenvalue weighted by Gasteiger charge is 2.47. The first-order chi connectivity index (χ1) is 41.7. The maximum Gasteiger partial charge on any atom is 0.251 e. The molecular formula is C68H84N10O8. The van der Waals surface area contributed by atoms with Crippen LogP contribution in [0.3, 0.4) is 0 Å². The van der Waals surface area contributed by atoms with Crippen molar-refractivity contribution in [3.05, 3.63) is 179 Å². The normalized spacial score (nSPS) is 20.5. The van der Waals surface area contributed by atoms with Crippen molar-refractivity contribution in [1.82, 2.24) is 52.3 Å². The molecule has 2 saturated carbocycles. The predicted molar refractivity (Wildman–Crippen MR) is 329 cm³/mol. The van der Waals surface area contributed by atoms with Crippen molar-refractivity contribution in [2.75, 3.05) is 27.2 Å². The van der Waals surface area contributed by atoms with Gasteiger partial charge >= 0.3 is 0 Å². The lowest BCUT2D eigenvalue weighted by Gasteiger charge is -2.35. The Morgan fingerprint density at radius 2 is 0.709 bits per heavy atom. The van der Waals surface area contributed by atoms with E-state index in [-0.39, 0.29) is 72.5 Å². The second-order valence-electron chi connectivity index (χ2n) is 23.7. The van der Waals surface area contributed by atoms with Crippen LogP contribution in [0.5, 0.6) is 0 Å². The molecule has 8 atom stereocenters. The van der Waals surface area contributed by atoms with E-state index >= 15 is 9.59 Å². The topological polar surface area (TPSA) is 239 Å². The Morgan fingerprint density at radius 3 is 1.00 bits per heavy atom. The number of nitrogens with one attached hydrogen (secondary N) is 8. The Kier molecular flexibility index (Phi) is 21.5. The van der Waals surface area contributed by atoms with Crippen LogP contribution < -0.4 is 42.5 Å². The van der Waals surface area contributed by atoms with Gasteiger partial charge in [0.25, 0.3) is 11.8 Å². The molecule has 2 unspecified atom stereocenters. The molecule has 4 aliphatic rings. The summed E-state index contributed by atoms with van der Waals surface area (Å²) in [4.78, 5) is 118. The first kappa shape index (κ1) is 62.3. The summed E-state index contributed by atoms with van der Waals surface area (Å²) in [6, 6.07) is 37.1. The molecule has 2 heterocycles. The Bertz CT molecular complexity index is 2820. The van der Waals surface area contributed by atoms with E-state index in [9.17, 15) is 28.8 Å². The number of likely N-dealkylation sites (tertiary alicyclic amines) is 2. The first-order valence-electron chi connectivity index (χ1n) is 30.8. The summed E-state index contributed by atoms with van der Waals surface area (Å²) in [7, 11) is 3.36. The van der Waals surface area contributed by atoms with E-state index in [2.05, 4.69) is 42.5 Å². The van der Waals surface area contributed by atoms with E-state index in [1.807, 2.05) is 121 Å². The van der Waals surface area contributed by atoms with Crippen LogP contribution in [0.15, 0.2) is 146 Å². The van der Waals surface area contributed by atoms with E-state index in [0.29, 0.717) is 0 Å². The minimum absolute atomic E-state index is 0.00704. The molecule has 2 saturated heterocycles. The van der Waals surface area contributed by atoms with E-state index < -0.39 is 84.0 Å². The zero-order chi connectivity index (χ0) is 60.7. The van der Waals surface area contributed by atoms with Crippen molar-refractivity contribution in [1.29, 1.82) is 0 Å². The van der Waals surface area contributed by atoms with Crippen molar-refractivity contribution < 1.29 is 38.4 Å². The lowest BCUT2D eigenvalue weighted by molar-refractivity contribution is -0.143. The number of nitrogens with zero attached hydrogens (tertiary/aromatic N) is 2. The highest BCUT2D eigenvalue weighted by Crippen LogP contribution is 2.33. The van der Waals surface area contributed by atoms with Crippen LogP contribution >= 0.6 is 0 Å². The van der Waals surface area contributed by atoms with Crippen LogP contribution in [-0.2, 0) is 28.8 Å². The standard InChI is InChI=1S/C68H84N10O8/c1-43(69-3)61(79)75-59(49-31-19-9-20-32-49)67(85)77-41-53(39-55(77)65(83)73-57(45-23-11-5-12-24-45)46-25-13-6-14-26-46)71-63(81)51-35-37-52(38-36-51)64(82)72-54-40-56(66(84)74-58(47-27-15-7-16-28-47)48-29-17-8-18-30-48)78(42-54)68(86)60(50-33-21-10-22-34-50)76-62(80)44(2)70-4/h5-8,11-18,23-30,35-38,43-44,49-50,53-60,69-70H,9-10,19-22,31-34,39-42H2,1-4H3,(H,71,81)(H,72,82)(H,73,83)(H,74,84)(H,75,79)(H,76,80)/t43-,44-,53-,54?,55-,56?,59-,60-/m0/s1. The number of carbonyl (C=O) groups is 8. The first-order valence-corrected chi connectivity index (χ1v) is 30.8. The van der Waals surface area contributed by atoms with Gasteiger partial charge in [0.15, 0.2) is 0 Å². The molecule has 18 heteroatoms. The zero-order valence-electron chi connectivity index (χ0n) is 49.8. The molecule has 5 aromatic rings. The quantitative estimate of drug-likeness (QED) is 0.0388. The number of rotatable bonds is 22. The Balaban J connectivity index is 0.927. The Hall–Kier alpha value is -8.22. The van der Waals surface area contributed by atoms with Crippen molar-refractivity contribution in [2.45, 2.75) is 151 Å². The maximum absolute atomic E-state index is 15.1. The van der Waals surface area contributed by atoms with Crippen molar-refractivity contribution in [3.8, 4) is 0 Å². The third kappa shape index (κ3) is 15.4. The van der Waals surface area contributed by atoms with Crippen LogP contribution in [0.2, 0.25) is 0 Å². The third-order valence-electron chi connectivity index (χ3n) is 18.0. The smallest absolute Gasteiger partial charge is 0.251 e. The van der Waals surface area contributed by atoms with Gasteiger partial charge in [0.05, 0.1) is 24.2 Å². The number of carbonyl (C=O) groups excluding carboxylic acids is 8. The number of hydrogen-bond donors (Lipinski definition) is 8. The second-order valence-corrected chi connectivity index (χ2v) is 23.7. The van der Waals surface area contributed by atoms with Crippen molar-refractivity contribution >= 4 is 47.3 Å². The average molecular weight is 1170 g/mol. The number of hydrogen-bond acceptors (Lipinski definition) is 10. The van der Waals surface area contributed by atoms with E-state index in [1.165, 1.54) is 34.1 Å². The molecule has 86 heavy (non-hydrogen) atoms. The molecule has 454 valence electrons. The molecule has 2 aliphatic heterocycles. The Labute approximate surface area is 505 Å². The van der Waals surface area contributed by atoms with Gasteiger partial charge in [-0.1, -0.05) is 160 Å². The van der Waals surface area contributed by atoms with E-state index in [4.69, 9.17) is 0 Å². The number of amides is 8. The number of likely N-dealkylation sites (N-methyl/N-ethyl adjacent to an activating group) is 2. The van der Waals surface area contributed by atoms with Crippen LogP contribution in [-0.4, -0.2) is 133 Å². The van der Waals surface area contributed by atoms with Gasteiger partial charge in [0.2, 0.25) is 35.4 Å². The minimum Gasteiger partial charge on any atom is -0.347 e. The van der Waals surface area contributed by atoms with Crippen LogP contribution in [0, 0.1) is 11.8 Å². The molecule has 5 aromatic carbocycles. The lowest BCUT2D eigenvalue weighted by Crippen LogP contribution is -2.58. The molecule has 9 rings (SSSR count). The van der Waals surface area contributed by atoms with Crippen LogP contribution in [0.25, 0.3) is 0 Å². The van der Waals surface area contributed by atoms with Crippen LogP contribution in [0.4, 0.5) is 0 Å². The molecule has 2 aliphatic carbocycles. The van der Waals surface area contributed by atoms with Crippen LogP contribution in [0.1, 0.15) is 146 Å². The molecule has 4 fully saturated rings. The highest BCUT2D eigenvalue weighted by molar-refractivity contribution is 5.99. The molecule has 0 spiro atoms. The summed E-state index contributed by atoms with van der Waals surface area (Å²) in [6.45, 7) is 3.47. The number of benzene rings is 5. The predicted octanol–water partition coefficient (Wildman–Crippen LogP) is 6.24. The van der Waals surface area contributed by atoms with Gasteiger partial charge in [0, 0.05) is 36.3 Å². The van der Waals surface area contributed by atoms with Gasteiger partial charge in [-0.25, -0.2) is 0 Å². The molecule has 0 bridgehead atoms. The summed E-state index contributed by atoms with van der Waals surface area (Å²) in [5.41, 5.74) is 3.87. The molecule has 8 N–H and O–H groups in total. The van der Waals surface area contributed by atoms with Gasteiger partial charge in [-0.3, -0.25) is 38.4 Å². The van der Waals surface area contributed by atoms with Gasteiger partial charge in [0.1, 0.15) is 24.2 Å². The average Bonchev–Trinajstić information content (AvgIpc) is 2.33. The van der Waals surface area contributed by atoms with Gasteiger partial charge in [-0.15, -0.1) is 0 Å². The summed E-state index contributed by atoms with van der Waals surface area (Å²) >= 11 is 0. The fourth-order valence-corrected chi connectivity index (χ4v) is 12.8. The Morgan fingerprint density at radius 1 is 0.407 bits per heavy atom. The molecule has 18 nitrogen and oxygen atoms in total. The second kappa shape index (κ2) is 29.7. The van der Waals surface area contributed by atoms with Gasteiger partial charge in [-0.2, -0.15) is 0 Å². The summed E-state index contributed by atoms with van der Waals surface area (Å²) in [5, 5.41) is 24.7. The third-order valence-corrected chi connectivity index (χ3v) is 18.0. The lowest BCUT2D eigenvalue weighted by atomic mass is 9.83. The van der Waals surface area contributed by atoms with Gasteiger partial charge in [-0.05, 0) is 125 Å². The summed E-state index contributed by atoms with van der Waals surface area (Å²) in [6.07, 6.45) is 8.88. The SMILES string of the molecule is CN[C@@H](C)C(=O)N[C@H](C(=O)N1CC(NC(=O)c2ccc(C(=O)N[C@H]3C[C@@H](C(=O)NC(c4ccccc4)c4ccccc4)N(C(=O)[C@@H](NC(=O)[C@H](C)NC)C4CCCCC4)C3)cc2)CC1C(=O)NC(c1ccccc1)c1ccccc1)C1CCCCC1. The van der Waals surface area contributed by atoms with Crippen molar-refractivity contribution in [3.63, 3.8) is 0 Å². The minimum atomic E-state index is -1.00. The molecular weight excluding hydrogens is 1080 g/mol. The fraction of sp³-hybridized carbons (Fsp3) is 0.441. The fourth-order valence-electron chi connectivity index (χ4n) is 12.8. The molecule has 8 amide bonds. The van der Waals surface area contributed by atoms with E-state index in [0.717, 1.165) is 86.5 Å². The zero-order valence-corrected chi connectivity index (χ0v) is 49.8. The molecule has 0 aromatic heterocycles. The monoisotopic (exact) mass is 1170 g/mol. The van der Waals surface area contributed by atoms with E-state index in [1.54, 1.807) is 27.9 Å². The molecule has 0 radical (unpaired) electrons. The summed E-state index contributed by atoms with van der Waals surface area (Å²) < 4.78 is 0. The highest BCUT2D eigenvalue weighted by atomic mass is 16.2. The van der Waals surface area contributed by atoms with Gasteiger partial charge < -0.3 is 52.3 Å². The summed E-state index contributed by atoms with van der Waals surface area (Å²) in [5.74, 6) is -3.45. The van der Waals surface area contributed by atoms with Crippen molar-refractivity contribution in [2.24, 2.45) is 11.8 Å². The largest absolute Gasteiger partial charge is 0.347 e. The maximum atomic E-state index is 15.1.